The first-order chi connectivity index (χ1) is 9.08. The summed E-state index contributed by atoms with van der Waals surface area (Å²) in [6, 6.07) is 4.84. The minimum Gasteiger partial charge on any atom is -0.369 e. The Bertz CT molecular complexity index is 587. The van der Waals surface area contributed by atoms with Gasteiger partial charge >= 0.3 is 0 Å². The highest BCUT2D eigenvalue weighted by molar-refractivity contribution is 6.30. The van der Waals surface area contributed by atoms with Crippen molar-refractivity contribution < 1.29 is 4.39 Å². The van der Waals surface area contributed by atoms with Crippen LogP contribution in [0.15, 0.2) is 24.5 Å². The van der Waals surface area contributed by atoms with Crippen LogP contribution in [0.2, 0.25) is 5.15 Å². The normalized spacial score (nSPS) is 10.5. The van der Waals surface area contributed by atoms with Gasteiger partial charge in [-0.3, -0.25) is 0 Å². The van der Waals surface area contributed by atoms with Crippen molar-refractivity contribution in [2.45, 2.75) is 20.3 Å². The van der Waals surface area contributed by atoms with E-state index in [1.807, 2.05) is 19.9 Å². The zero-order valence-corrected chi connectivity index (χ0v) is 11.6. The van der Waals surface area contributed by atoms with Gasteiger partial charge in [0.25, 0.3) is 0 Å². The average Bonchev–Trinajstić information content (AvgIpc) is 2.37. The van der Waals surface area contributed by atoms with Crippen LogP contribution in [0.4, 0.5) is 10.2 Å². The lowest BCUT2D eigenvalue weighted by Crippen LogP contribution is -2.09. The van der Waals surface area contributed by atoms with Crippen LogP contribution >= 0.6 is 11.6 Å². The molecule has 1 heterocycles. The third kappa shape index (κ3) is 3.41. The average molecular weight is 280 g/mol. The molecule has 100 valence electrons. The van der Waals surface area contributed by atoms with E-state index in [4.69, 9.17) is 11.6 Å². The summed E-state index contributed by atoms with van der Waals surface area (Å²) < 4.78 is 13.0. The summed E-state index contributed by atoms with van der Waals surface area (Å²) in [7, 11) is 0. The number of aromatic nitrogens is 2. The lowest BCUT2D eigenvalue weighted by molar-refractivity contribution is 0.625. The lowest BCUT2D eigenvalue weighted by atomic mass is 10.1. The fourth-order valence-corrected chi connectivity index (χ4v) is 2.00. The van der Waals surface area contributed by atoms with Crippen molar-refractivity contribution in [3.8, 4) is 0 Å². The molecule has 0 saturated heterocycles. The van der Waals surface area contributed by atoms with E-state index in [9.17, 15) is 4.39 Å². The van der Waals surface area contributed by atoms with Crippen LogP contribution in [0.1, 0.15) is 16.7 Å². The Labute approximate surface area is 116 Å². The lowest BCUT2D eigenvalue weighted by Gasteiger charge is -2.10. The predicted molar refractivity (Wildman–Crippen MR) is 75.1 cm³/mol. The molecular formula is C14H15ClFN3. The van der Waals surface area contributed by atoms with Crippen molar-refractivity contribution in [3.63, 3.8) is 0 Å². The molecule has 2 rings (SSSR count). The topological polar surface area (TPSA) is 37.8 Å². The number of rotatable bonds is 4. The van der Waals surface area contributed by atoms with E-state index in [1.165, 1.54) is 12.4 Å². The van der Waals surface area contributed by atoms with E-state index in [1.54, 1.807) is 6.07 Å². The maximum absolute atomic E-state index is 13.0. The highest BCUT2D eigenvalue weighted by Gasteiger charge is 2.05. The summed E-state index contributed by atoms with van der Waals surface area (Å²) in [5.41, 5.74) is 2.91. The standard InChI is InChI=1S/C14H15ClFN3/c1-9-7-12(16)4-3-11(9)5-6-17-14-10(2)13(15)18-8-19-14/h3-4,7-8H,5-6H2,1-2H3,(H,17,18,19). The fourth-order valence-electron chi connectivity index (χ4n) is 1.86. The van der Waals surface area contributed by atoms with E-state index in [-0.39, 0.29) is 5.82 Å². The largest absolute Gasteiger partial charge is 0.369 e. The van der Waals surface area contributed by atoms with Crippen molar-refractivity contribution in [2.75, 3.05) is 11.9 Å². The molecule has 0 spiro atoms. The molecule has 0 amide bonds. The van der Waals surface area contributed by atoms with Crippen LogP contribution < -0.4 is 5.32 Å². The first kappa shape index (κ1) is 13.7. The Morgan fingerprint density at radius 1 is 1.26 bits per heavy atom. The molecule has 0 radical (unpaired) electrons. The third-order valence-corrected chi connectivity index (χ3v) is 3.40. The van der Waals surface area contributed by atoms with Crippen LogP contribution in [0, 0.1) is 19.7 Å². The van der Waals surface area contributed by atoms with E-state index in [0.29, 0.717) is 11.7 Å². The number of benzene rings is 1. The summed E-state index contributed by atoms with van der Waals surface area (Å²) in [5.74, 6) is 0.535. The van der Waals surface area contributed by atoms with E-state index >= 15 is 0 Å². The summed E-state index contributed by atoms with van der Waals surface area (Å²) in [4.78, 5) is 8.04. The first-order valence-corrected chi connectivity index (χ1v) is 6.41. The Kier molecular flexibility index (Phi) is 4.32. The number of hydrogen-bond donors (Lipinski definition) is 1. The van der Waals surface area contributed by atoms with Gasteiger partial charge in [-0.25, -0.2) is 14.4 Å². The fraction of sp³-hybridized carbons (Fsp3) is 0.286. The summed E-state index contributed by atoms with van der Waals surface area (Å²) in [6.45, 7) is 4.49. The first-order valence-electron chi connectivity index (χ1n) is 6.04. The van der Waals surface area contributed by atoms with Gasteiger partial charge in [0.2, 0.25) is 0 Å². The highest BCUT2D eigenvalue weighted by Crippen LogP contribution is 2.18. The molecule has 2 aromatic rings. The molecule has 0 bridgehead atoms. The molecule has 0 fully saturated rings. The quantitative estimate of drug-likeness (QED) is 0.870. The van der Waals surface area contributed by atoms with Crippen molar-refractivity contribution in [1.29, 1.82) is 0 Å². The van der Waals surface area contributed by atoms with Gasteiger partial charge in [-0.15, -0.1) is 0 Å². The summed E-state index contributed by atoms with van der Waals surface area (Å²) in [5, 5.41) is 3.67. The number of nitrogens with one attached hydrogen (secondary N) is 1. The predicted octanol–water partition coefficient (Wildman–Crippen LogP) is 3.54. The molecule has 0 aliphatic carbocycles. The van der Waals surface area contributed by atoms with Crippen molar-refractivity contribution in [3.05, 3.63) is 52.2 Å². The van der Waals surface area contributed by atoms with Gasteiger partial charge in [-0.1, -0.05) is 17.7 Å². The van der Waals surface area contributed by atoms with Crippen LogP contribution in [0.5, 0.6) is 0 Å². The van der Waals surface area contributed by atoms with Gasteiger partial charge in [-0.05, 0) is 43.5 Å². The van der Waals surface area contributed by atoms with E-state index < -0.39 is 0 Å². The number of nitrogens with zero attached hydrogens (tertiary/aromatic N) is 2. The minimum absolute atomic E-state index is 0.201. The minimum atomic E-state index is -0.201. The van der Waals surface area contributed by atoms with Crippen molar-refractivity contribution in [1.82, 2.24) is 9.97 Å². The second kappa shape index (κ2) is 5.97. The second-order valence-electron chi connectivity index (χ2n) is 4.39. The van der Waals surface area contributed by atoms with Gasteiger partial charge in [0, 0.05) is 12.1 Å². The maximum atomic E-state index is 13.0. The molecule has 1 aromatic carbocycles. The van der Waals surface area contributed by atoms with Gasteiger partial charge in [0.1, 0.15) is 23.1 Å². The van der Waals surface area contributed by atoms with Crippen LogP contribution in [-0.2, 0) is 6.42 Å². The van der Waals surface area contributed by atoms with Crippen molar-refractivity contribution in [2.24, 2.45) is 0 Å². The highest BCUT2D eigenvalue weighted by atomic mass is 35.5. The molecule has 5 heteroatoms. The number of aryl methyl sites for hydroxylation is 1. The smallest absolute Gasteiger partial charge is 0.137 e. The third-order valence-electron chi connectivity index (χ3n) is 3.01. The number of halogens is 2. The molecule has 19 heavy (non-hydrogen) atoms. The van der Waals surface area contributed by atoms with Crippen LogP contribution in [-0.4, -0.2) is 16.5 Å². The molecule has 0 unspecified atom stereocenters. The Balaban J connectivity index is 1.98. The van der Waals surface area contributed by atoms with Gasteiger partial charge < -0.3 is 5.32 Å². The van der Waals surface area contributed by atoms with Gasteiger partial charge in [-0.2, -0.15) is 0 Å². The number of hydrogen-bond acceptors (Lipinski definition) is 3. The zero-order valence-electron chi connectivity index (χ0n) is 10.9. The summed E-state index contributed by atoms with van der Waals surface area (Å²) >= 11 is 5.92. The molecule has 1 N–H and O–H groups in total. The number of anilines is 1. The summed E-state index contributed by atoms with van der Waals surface area (Å²) in [6.07, 6.45) is 2.23. The van der Waals surface area contributed by atoms with E-state index in [2.05, 4.69) is 15.3 Å². The SMILES string of the molecule is Cc1cc(F)ccc1CCNc1ncnc(Cl)c1C. The second-order valence-corrected chi connectivity index (χ2v) is 4.74. The monoisotopic (exact) mass is 279 g/mol. The molecular weight excluding hydrogens is 265 g/mol. The Morgan fingerprint density at radius 2 is 2.05 bits per heavy atom. The molecule has 0 saturated carbocycles. The molecule has 0 atom stereocenters. The van der Waals surface area contributed by atoms with Crippen LogP contribution in [0.3, 0.4) is 0 Å². The molecule has 3 nitrogen and oxygen atoms in total. The Hall–Kier alpha value is -1.68. The molecule has 1 aromatic heterocycles. The maximum Gasteiger partial charge on any atom is 0.137 e. The zero-order chi connectivity index (χ0) is 13.8. The van der Waals surface area contributed by atoms with Gasteiger partial charge in [0.05, 0.1) is 0 Å². The molecule has 0 aliphatic heterocycles. The van der Waals surface area contributed by atoms with E-state index in [0.717, 1.165) is 28.9 Å². The molecule has 0 aliphatic rings. The Morgan fingerprint density at radius 3 is 2.79 bits per heavy atom. The van der Waals surface area contributed by atoms with Crippen LogP contribution in [0.25, 0.3) is 0 Å². The van der Waals surface area contributed by atoms with Crippen molar-refractivity contribution >= 4 is 17.4 Å². The van der Waals surface area contributed by atoms with Gasteiger partial charge in [0.15, 0.2) is 0 Å².